The Morgan fingerprint density at radius 3 is 2.27 bits per heavy atom. The minimum atomic E-state index is -3.88. The van der Waals surface area contributed by atoms with Crippen molar-refractivity contribution in [3.63, 3.8) is 0 Å². The van der Waals surface area contributed by atoms with E-state index in [1.54, 1.807) is 6.92 Å². The van der Waals surface area contributed by atoms with Gasteiger partial charge in [0.1, 0.15) is 18.4 Å². The second-order valence-electron chi connectivity index (χ2n) is 8.39. The standard InChI is InChI=1S/C24H32FN3O4S/c1-18(2)16-26-24(30)19(3)27(14-13-20-9-6-5-7-10-20)23(29)17-28(33(4,31)32)22-12-8-11-21(25)15-22/h5-12,15,18-19H,13-14,16-17H2,1-4H3,(H,26,30)/t19-/m0/s1. The van der Waals surface area contributed by atoms with Gasteiger partial charge in [0.05, 0.1) is 11.9 Å². The fourth-order valence-corrected chi connectivity index (χ4v) is 4.11. The molecule has 0 unspecified atom stereocenters. The molecule has 33 heavy (non-hydrogen) atoms. The molecule has 0 bridgehead atoms. The number of benzene rings is 2. The lowest BCUT2D eigenvalue weighted by molar-refractivity contribution is -0.138. The van der Waals surface area contributed by atoms with Gasteiger partial charge in [-0.1, -0.05) is 50.2 Å². The van der Waals surface area contributed by atoms with Crippen molar-refractivity contribution in [2.75, 3.05) is 30.2 Å². The molecule has 2 amide bonds. The van der Waals surface area contributed by atoms with Crippen LogP contribution in [0.3, 0.4) is 0 Å². The molecule has 0 fully saturated rings. The van der Waals surface area contributed by atoms with E-state index in [-0.39, 0.29) is 24.1 Å². The average molecular weight is 478 g/mol. The van der Waals surface area contributed by atoms with Crippen molar-refractivity contribution in [3.05, 3.63) is 66.0 Å². The molecule has 0 aliphatic heterocycles. The van der Waals surface area contributed by atoms with Crippen LogP contribution in [0.25, 0.3) is 0 Å². The van der Waals surface area contributed by atoms with Gasteiger partial charge >= 0.3 is 0 Å². The van der Waals surface area contributed by atoms with Crippen molar-refractivity contribution in [1.29, 1.82) is 0 Å². The van der Waals surface area contributed by atoms with Crippen LogP contribution in [0.2, 0.25) is 0 Å². The fourth-order valence-electron chi connectivity index (χ4n) is 3.27. The van der Waals surface area contributed by atoms with E-state index in [1.165, 1.54) is 23.1 Å². The number of anilines is 1. The maximum Gasteiger partial charge on any atom is 0.244 e. The number of rotatable bonds is 11. The van der Waals surface area contributed by atoms with Gasteiger partial charge in [-0.05, 0) is 43.0 Å². The normalized spacial score (nSPS) is 12.3. The van der Waals surface area contributed by atoms with E-state index in [2.05, 4.69) is 5.32 Å². The molecule has 0 heterocycles. The molecule has 1 atom stereocenters. The average Bonchev–Trinajstić information content (AvgIpc) is 2.75. The van der Waals surface area contributed by atoms with Gasteiger partial charge in [0, 0.05) is 13.1 Å². The molecule has 0 spiro atoms. The second kappa shape index (κ2) is 11.8. The Morgan fingerprint density at radius 2 is 1.70 bits per heavy atom. The molecule has 1 N–H and O–H groups in total. The first-order valence-electron chi connectivity index (χ1n) is 10.8. The first-order valence-corrected chi connectivity index (χ1v) is 12.7. The summed E-state index contributed by atoms with van der Waals surface area (Å²) >= 11 is 0. The molecule has 2 aromatic carbocycles. The van der Waals surface area contributed by atoms with Gasteiger partial charge in [0.2, 0.25) is 21.8 Å². The van der Waals surface area contributed by atoms with E-state index in [0.29, 0.717) is 13.0 Å². The van der Waals surface area contributed by atoms with Crippen LogP contribution in [0.1, 0.15) is 26.3 Å². The highest BCUT2D eigenvalue weighted by Crippen LogP contribution is 2.19. The van der Waals surface area contributed by atoms with Crippen molar-refractivity contribution in [2.24, 2.45) is 5.92 Å². The summed E-state index contributed by atoms with van der Waals surface area (Å²) in [6, 6.07) is 13.7. The van der Waals surface area contributed by atoms with Crippen LogP contribution in [0, 0.1) is 11.7 Å². The third kappa shape index (κ3) is 8.16. The summed E-state index contributed by atoms with van der Waals surface area (Å²) in [5.41, 5.74) is 1.03. The number of amides is 2. The molecule has 0 saturated carbocycles. The maximum atomic E-state index is 13.7. The predicted molar refractivity (Wildman–Crippen MR) is 128 cm³/mol. The highest BCUT2D eigenvalue weighted by atomic mass is 32.2. The second-order valence-corrected chi connectivity index (χ2v) is 10.3. The summed E-state index contributed by atoms with van der Waals surface area (Å²) in [6.07, 6.45) is 1.45. The van der Waals surface area contributed by atoms with Crippen molar-refractivity contribution >= 4 is 27.5 Å². The number of carbonyl (C=O) groups excluding carboxylic acids is 2. The molecule has 180 valence electrons. The van der Waals surface area contributed by atoms with E-state index < -0.39 is 34.3 Å². The zero-order valence-electron chi connectivity index (χ0n) is 19.5. The quantitative estimate of drug-likeness (QED) is 0.539. The predicted octanol–water partition coefficient (Wildman–Crippen LogP) is 2.82. The SMILES string of the molecule is CC(C)CNC(=O)[C@H](C)N(CCc1ccccc1)C(=O)CN(c1cccc(F)c1)S(C)(=O)=O. The van der Waals surface area contributed by atoms with Gasteiger partial charge in [0.15, 0.2) is 0 Å². The van der Waals surface area contributed by atoms with Crippen LogP contribution in [0.4, 0.5) is 10.1 Å². The topological polar surface area (TPSA) is 86.8 Å². The molecular weight excluding hydrogens is 445 g/mol. The first-order chi connectivity index (χ1) is 15.5. The van der Waals surface area contributed by atoms with E-state index >= 15 is 0 Å². The summed E-state index contributed by atoms with van der Waals surface area (Å²) in [5, 5.41) is 2.82. The highest BCUT2D eigenvalue weighted by molar-refractivity contribution is 7.92. The molecule has 2 rings (SSSR count). The van der Waals surface area contributed by atoms with Gasteiger partial charge in [-0.15, -0.1) is 0 Å². The van der Waals surface area contributed by atoms with Gasteiger partial charge in [-0.3, -0.25) is 13.9 Å². The lowest BCUT2D eigenvalue weighted by Crippen LogP contribution is -2.52. The lowest BCUT2D eigenvalue weighted by Gasteiger charge is -2.31. The van der Waals surface area contributed by atoms with E-state index in [1.807, 2.05) is 44.2 Å². The molecule has 0 saturated heterocycles. The molecule has 7 nitrogen and oxygen atoms in total. The number of nitrogens with one attached hydrogen (secondary N) is 1. The highest BCUT2D eigenvalue weighted by Gasteiger charge is 2.29. The van der Waals surface area contributed by atoms with Crippen LogP contribution >= 0.6 is 0 Å². The van der Waals surface area contributed by atoms with Crippen LogP contribution in [-0.4, -0.2) is 57.1 Å². The number of hydrogen-bond acceptors (Lipinski definition) is 4. The first kappa shape index (κ1) is 26.3. The molecule has 0 radical (unpaired) electrons. The van der Waals surface area contributed by atoms with Crippen LogP contribution in [0.5, 0.6) is 0 Å². The Hall–Kier alpha value is -2.94. The minimum Gasteiger partial charge on any atom is -0.354 e. The minimum absolute atomic E-state index is 0.0470. The largest absolute Gasteiger partial charge is 0.354 e. The zero-order chi connectivity index (χ0) is 24.6. The van der Waals surface area contributed by atoms with Crippen molar-refractivity contribution in [3.8, 4) is 0 Å². The molecule has 0 aromatic heterocycles. The molecular formula is C24H32FN3O4S. The Labute approximate surface area is 195 Å². The Bertz CT molecular complexity index is 1040. The third-order valence-corrected chi connectivity index (χ3v) is 6.25. The summed E-state index contributed by atoms with van der Waals surface area (Å²) < 4.78 is 39.4. The lowest BCUT2D eigenvalue weighted by atomic mass is 10.1. The summed E-state index contributed by atoms with van der Waals surface area (Å²) in [6.45, 7) is 5.69. The summed E-state index contributed by atoms with van der Waals surface area (Å²) in [4.78, 5) is 27.4. The number of sulfonamides is 1. The van der Waals surface area contributed by atoms with E-state index in [4.69, 9.17) is 0 Å². The van der Waals surface area contributed by atoms with Crippen molar-refractivity contribution in [2.45, 2.75) is 33.2 Å². The molecule has 9 heteroatoms. The Kier molecular flexibility index (Phi) is 9.40. The number of hydrogen-bond donors (Lipinski definition) is 1. The molecule has 2 aromatic rings. The van der Waals surface area contributed by atoms with Gasteiger partial charge in [-0.25, -0.2) is 12.8 Å². The Morgan fingerprint density at radius 1 is 1.03 bits per heavy atom. The summed E-state index contributed by atoms with van der Waals surface area (Å²) in [7, 11) is -3.88. The van der Waals surface area contributed by atoms with Crippen LogP contribution in [0.15, 0.2) is 54.6 Å². The molecule has 0 aliphatic carbocycles. The number of carbonyl (C=O) groups is 2. The van der Waals surface area contributed by atoms with E-state index in [9.17, 15) is 22.4 Å². The van der Waals surface area contributed by atoms with Crippen molar-refractivity contribution in [1.82, 2.24) is 10.2 Å². The summed E-state index contributed by atoms with van der Waals surface area (Å²) in [5.74, 6) is -1.24. The Balaban J connectivity index is 2.28. The zero-order valence-corrected chi connectivity index (χ0v) is 20.3. The molecule has 0 aliphatic rings. The van der Waals surface area contributed by atoms with Crippen molar-refractivity contribution < 1.29 is 22.4 Å². The maximum absolute atomic E-state index is 13.7. The third-order valence-electron chi connectivity index (χ3n) is 5.11. The van der Waals surface area contributed by atoms with Gasteiger partial charge in [0.25, 0.3) is 0 Å². The monoisotopic (exact) mass is 477 g/mol. The van der Waals surface area contributed by atoms with Gasteiger partial charge < -0.3 is 10.2 Å². The van der Waals surface area contributed by atoms with Gasteiger partial charge in [-0.2, -0.15) is 0 Å². The smallest absolute Gasteiger partial charge is 0.244 e. The van der Waals surface area contributed by atoms with Crippen LogP contribution < -0.4 is 9.62 Å². The number of nitrogens with zero attached hydrogens (tertiary/aromatic N) is 2. The van der Waals surface area contributed by atoms with Crippen LogP contribution in [-0.2, 0) is 26.0 Å². The fraction of sp³-hybridized carbons (Fsp3) is 0.417. The number of halogens is 1. The van der Waals surface area contributed by atoms with E-state index in [0.717, 1.165) is 22.2 Å².